The normalized spacial score (nSPS) is 17.4. The summed E-state index contributed by atoms with van der Waals surface area (Å²) in [5, 5.41) is 1.90. The second kappa shape index (κ2) is 7.83. The van der Waals surface area contributed by atoms with Crippen LogP contribution in [0.2, 0.25) is 0 Å². The van der Waals surface area contributed by atoms with Crippen LogP contribution >= 0.6 is 11.3 Å². The topological polar surface area (TPSA) is 40.6 Å². The van der Waals surface area contributed by atoms with Crippen molar-refractivity contribution in [3.05, 3.63) is 57.8 Å². The van der Waals surface area contributed by atoms with Gasteiger partial charge in [0.15, 0.2) is 0 Å². The summed E-state index contributed by atoms with van der Waals surface area (Å²) in [7, 11) is 1.82. The number of hydrogen-bond donors (Lipinski definition) is 0. The molecule has 5 heteroatoms. The Morgan fingerprint density at radius 3 is 2.64 bits per heavy atom. The molecule has 1 saturated heterocycles. The third-order valence-corrected chi connectivity index (χ3v) is 5.56. The van der Waals surface area contributed by atoms with E-state index in [1.807, 2.05) is 24.6 Å². The fraction of sp³-hybridized carbons (Fsp3) is 0.400. The van der Waals surface area contributed by atoms with Crippen LogP contribution in [0.25, 0.3) is 0 Å². The number of carbonyl (C=O) groups is 2. The van der Waals surface area contributed by atoms with E-state index in [4.69, 9.17) is 0 Å². The van der Waals surface area contributed by atoms with E-state index in [2.05, 4.69) is 31.2 Å². The molecule has 2 heterocycles. The zero-order chi connectivity index (χ0) is 17.8. The van der Waals surface area contributed by atoms with Crippen LogP contribution in [0, 0.1) is 6.92 Å². The lowest BCUT2D eigenvalue weighted by atomic mass is 10.00. The largest absolute Gasteiger partial charge is 0.340 e. The average Bonchev–Trinajstić information content (AvgIpc) is 3.17. The highest BCUT2D eigenvalue weighted by Crippen LogP contribution is 2.23. The van der Waals surface area contributed by atoms with Crippen molar-refractivity contribution in [1.29, 1.82) is 0 Å². The number of benzene rings is 1. The number of carbonyl (C=O) groups excluding carboxylic acids is 2. The maximum atomic E-state index is 13.0. The summed E-state index contributed by atoms with van der Waals surface area (Å²) in [6, 6.07) is 11.6. The molecule has 0 saturated carbocycles. The fourth-order valence-corrected chi connectivity index (χ4v) is 3.95. The number of amides is 2. The molecule has 4 nitrogen and oxygen atoms in total. The Balaban J connectivity index is 1.71. The Morgan fingerprint density at radius 1 is 1.20 bits per heavy atom. The zero-order valence-corrected chi connectivity index (χ0v) is 15.6. The summed E-state index contributed by atoms with van der Waals surface area (Å²) in [5.74, 6) is 0.0157. The summed E-state index contributed by atoms with van der Waals surface area (Å²) in [6.45, 7) is 3.27. The van der Waals surface area contributed by atoms with Crippen molar-refractivity contribution in [3.8, 4) is 0 Å². The third kappa shape index (κ3) is 4.10. The lowest BCUT2D eigenvalue weighted by Gasteiger charge is -2.36. The van der Waals surface area contributed by atoms with Gasteiger partial charge in [-0.05, 0) is 43.2 Å². The van der Waals surface area contributed by atoms with Crippen LogP contribution in [0.3, 0.4) is 0 Å². The van der Waals surface area contributed by atoms with Gasteiger partial charge >= 0.3 is 0 Å². The van der Waals surface area contributed by atoms with Crippen molar-refractivity contribution in [2.45, 2.75) is 38.8 Å². The van der Waals surface area contributed by atoms with Gasteiger partial charge in [-0.1, -0.05) is 35.9 Å². The molecule has 0 radical (unpaired) electrons. The number of likely N-dealkylation sites (N-methyl/N-ethyl adjacent to an activating group) is 1. The monoisotopic (exact) mass is 356 g/mol. The predicted octanol–water partition coefficient (Wildman–Crippen LogP) is 3.71. The molecule has 1 aliphatic heterocycles. The standard InChI is InChI=1S/C20H24N2O2S/c1-15-8-10-16(11-9-15)14-21(2)19(23)17-6-3-4-12-22(17)20(24)18-7-5-13-25-18/h5,7-11,13,17H,3-4,6,12,14H2,1-2H3. The molecule has 1 aromatic carbocycles. The van der Waals surface area contributed by atoms with Crippen molar-refractivity contribution >= 4 is 23.2 Å². The molecule has 1 atom stereocenters. The maximum Gasteiger partial charge on any atom is 0.264 e. The Bertz CT molecular complexity index is 725. The van der Waals surface area contributed by atoms with E-state index in [0.717, 1.165) is 24.8 Å². The lowest BCUT2D eigenvalue weighted by molar-refractivity contribution is -0.136. The van der Waals surface area contributed by atoms with Gasteiger partial charge in [0.2, 0.25) is 5.91 Å². The molecule has 1 fully saturated rings. The molecule has 0 N–H and O–H groups in total. The number of rotatable bonds is 4. The minimum absolute atomic E-state index is 0.0169. The summed E-state index contributed by atoms with van der Waals surface area (Å²) in [5.41, 5.74) is 2.31. The maximum absolute atomic E-state index is 13.0. The summed E-state index contributed by atoms with van der Waals surface area (Å²) >= 11 is 1.43. The van der Waals surface area contributed by atoms with Crippen LogP contribution in [-0.4, -0.2) is 41.2 Å². The van der Waals surface area contributed by atoms with Crippen LogP contribution in [0.4, 0.5) is 0 Å². The van der Waals surface area contributed by atoms with Crippen LogP contribution in [0.1, 0.15) is 40.1 Å². The molecule has 3 rings (SSSR count). The van der Waals surface area contributed by atoms with Crippen LogP contribution in [0.15, 0.2) is 41.8 Å². The van der Waals surface area contributed by atoms with E-state index in [9.17, 15) is 9.59 Å². The highest BCUT2D eigenvalue weighted by molar-refractivity contribution is 7.12. The van der Waals surface area contributed by atoms with Gasteiger partial charge < -0.3 is 9.80 Å². The molecule has 0 bridgehead atoms. The van der Waals surface area contributed by atoms with Gasteiger partial charge in [-0.3, -0.25) is 9.59 Å². The SMILES string of the molecule is Cc1ccc(CN(C)C(=O)C2CCCCN2C(=O)c2cccs2)cc1. The highest BCUT2D eigenvalue weighted by atomic mass is 32.1. The number of piperidine rings is 1. The average molecular weight is 356 g/mol. The number of hydrogen-bond acceptors (Lipinski definition) is 3. The van der Waals surface area contributed by atoms with Crippen LogP contribution < -0.4 is 0 Å². The van der Waals surface area contributed by atoms with Gasteiger partial charge in [-0.15, -0.1) is 11.3 Å². The fourth-order valence-electron chi connectivity index (χ4n) is 3.27. The van der Waals surface area contributed by atoms with Crippen molar-refractivity contribution in [2.75, 3.05) is 13.6 Å². The summed E-state index contributed by atoms with van der Waals surface area (Å²) in [6.07, 6.45) is 2.69. The number of nitrogens with zero attached hydrogens (tertiary/aromatic N) is 2. The second-order valence-electron chi connectivity index (χ2n) is 6.67. The number of aryl methyl sites for hydroxylation is 1. The number of thiophene rings is 1. The Kier molecular flexibility index (Phi) is 5.53. The predicted molar refractivity (Wildman–Crippen MR) is 101 cm³/mol. The molecule has 1 unspecified atom stereocenters. The molecular weight excluding hydrogens is 332 g/mol. The van der Waals surface area contributed by atoms with Crippen molar-refractivity contribution < 1.29 is 9.59 Å². The van der Waals surface area contributed by atoms with Crippen LogP contribution in [-0.2, 0) is 11.3 Å². The lowest BCUT2D eigenvalue weighted by Crippen LogP contribution is -2.52. The van der Waals surface area contributed by atoms with Gasteiger partial charge in [0.05, 0.1) is 4.88 Å². The summed E-state index contributed by atoms with van der Waals surface area (Å²) < 4.78 is 0. The molecule has 0 spiro atoms. The van der Waals surface area contributed by atoms with E-state index in [1.54, 1.807) is 9.80 Å². The minimum Gasteiger partial charge on any atom is -0.340 e. The van der Waals surface area contributed by atoms with Gasteiger partial charge in [0.1, 0.15) is 6.04 Å². The van der Waals surface area contributed by atoms with Gasteiger partial charge in [-0.2, -0.15) is 0 Å². The molecule has 2 aromatic rings. The molecule has 132 valence electrons. The first-order valence-electron chi connectivity index (χ1n) is 8.71. The van der Waals surface area contributed by atoms with E-state index >= 15 is 0 Å². The van der Waals surface area contributed by atoms with Crippen molar-refractivity contribution in [2.24, 2.45) is 0 Å². The Hall–Kier alpha value is -2.14. The van der Waals surface area contributed by atoms with E-state index < -0.39 is 0 Å². The van der Waals surface area contributed by atoms with Crippen molar-refractivity contribution in [1.82, 2.24) is 9.80 Å². The molecule has 1 aromatic heterocycles. The van der Waals surface area contributed by atoms with E-state index in [-0.39, 0.29) is 17.9 Å². The first-order chi connectivity index (χ1) is 12.1. The Morgan fingerprint density at radius 2 is 1.96 bits per heavy atom. The zero-order valence-electron chi connectivity index (χ0n) is 14.8. The van der Waals surface area contributed by atoms with Crippen molar-refractivity contribution in [3.63, 3.8) is 0 Å². The smallest absolute Gasteiger partial charge is 0.264 e. The molecule has 0 aliphatic carbocycles. The van der Waals surface area contributed by atoms with Gasteiger partial charge in [-0.25, -0.2) is 0 Å². The first-order valence-corrected chi connectivity index (χ1v) is 9.59. The first kappa shape index (κ1) is 17.7. The third-order valence-electron chi connectivity index (χ3n) is 4.70. The van der Waals surface area contributed by atoms with Crippen LogP contribution in [0.5, 0.6) is 0 Å². The Labute approximate surface area is 153 Å². The molecule has 2 amide bonds. The molecular formula is C20H24N2O2S. The quantitative estimate of drug-likeness (QED) is 0.838. The van der Waals surface area contributed by atoms with Gasteiger partial charge in [0, 0.05) is 20.1 Å². The number of likely N-dealkylation sites (tertiary alicyclic amines) is 1. The summed E-state index contributed by atoms with van der Waals surface area (Å²) in [4.78, 5) is 30.0. The van der Waals surface area contributed by atoms with E-state index in [1.165, 1.54) is 16.9 Å². The van der Waals surface area contributed by atoms with E-state index in [0.29, 0.717) is 18.0 Å². The minimum atomic E-state index is -0.348. The molecule has 1 aliphatic rings. The molecule has 25 heavy (non-hydrogen) atoms. The van der Waals surface area contributed by atoms with Gasteiger partial charge in [0.25, 0.3) is 5.91 Å². The highest BCUT2D eigenvalue weighted by Gasteiger charge is 2.34. The second-order valence-corrected chi connectivity index (χ2v) is 7.62.